The molecule has 0 fully saturated rings. The van der Waals surface area contributed by atoms with Crippen molar-refractivity contribution in [2.24, 2.45) is 5.14 Å². The van der Waals surface area contributed by atoms with Gasteiger partial charge in [0.2, 0.25) is 15.9 Å². The first-order valence-electron chi connectivity index (χ1n) is 9.84. The number of furan rings is 1. The SMILES string of the molecule is CCc1oc2ccccc2c1CN(C)CC(=O)NCCc1ccc(S(N)(=O)=O)cc1. The molecule has 2 aromatic carbocycles. The molecule has 3 rings (SSSR count). The molecule has 7 nitrogen and oxygen atoms in total. The molecule has 0 bridgehead atoms. The smallest absolute Gasteiger partial charge is 0.238 e. The van der Waals surface area contributed by atoms with Crippen molar-refractivity contribution in [3.05, 3.63) is 65.4 Å². The maximum Gasteiger partial charge on any atom is 0.238 e. The van der Waals surface area contributed by atoms with E-state index in [2.05, 4.69) is 12.2 Å². The monoisotopic (exact) mass is 429 g/mol. The number of carbonyl (C=O) groups is 1. The van der Waals surface area contributed by atoms with Gasteiger partial charge in [0.05, 0.1) is 11.4 Å². The standard InChI is InChI=1S/C22H27N3O4S/c1-3-20-19(18-6-4-5-7-21(18)29-20)14-25(2)15-22(26)24-13-12-16-8-10-17(11-9-16)30(23,27)28/h4-11H,3,12-15H2,1-2H3,(H,24,26)(H2,23,27,28). The maximum absolute atomic E-state index is 12.3. The van der Waals surface area contributed by atoms with Crippen molar-refractivity contribution >= 4 is 26.9 Å². The largest absolute Gasteiger partial charge is 0.461 e. The maximum atomic E-state index is 12.3. The minimum Gasteiger partial charge on any atom is -0.461 e. The third-order valence-electron chi connectivity index (χ3n) is 4.93. The zero-order chi connectivity index (χ0) is 21.7. The van der Waals surface area contributed by atoms with Crippen molar-refractivity contribution in [3.63, 3.8) is 0 Å². The van der Waals surface area contributed by atoms with Crippen LogP contribution in [-0.2, 0) is 34.2 Å². The van der Waals surface area contributed by atoms with Crippen molar-refractivity contribution in [1.29, 1.82) is 0 Å². The number of para-hydroxylation sites is 1. The number of primary sulfonamides is 1. The van der Waals surface area contributed by atoms with E-state index in [9.17, 15) is 13.2 Å². The summed E-state index contributed by atoms with van der Waals surface area (Å²) in [5.41, 5.74) is 2.92. The van der Waals surface area contributed by atoms with Crippen LogP contribution in [0.15, 0.2) is 57.8 Å². The quantitative estimate of drug-likeness (QED) is 0.543. The number of fused-ring (bicyclic) bond motifs is 1. The molecule has 3 N–H and O–H groups in total. The van der Waals surface area contributed by atoms with Crippen LogP contribution < -0.4 is 10.5 Å². The lowest BCUT2D eigenvalue weighted by molar-refractivity contribution is -0.122. The predicted octanol–water partition coefficient (Wildman–Crippen LogP) is 2.43. The summed E-state index contributed by atoms with van der Waals surface area (Å²) in [5.74, 6) is 0.885. The van der Waals surface area contributed by atoms with Crippen LogP contribution in [0.4, 0.5) is 0 Å². The topological polar surface area (TPSA) is 106 Å². The first kappa shape index (κ1) is 22.0. The van der Waals surface area contributed by atoms with E-state index in [1.807, 2.05) is 36.2 Å². The van der Waals surface area contributed by atoms with Gasteiger partial charge in [-0.15, -0.1) is 0 Å². The molecule has 0 radical (unpaired) electrons. The minimum atomic E-state index is -3.69. The van der Waals surface area contributed by atoms with Crippen LogP contribution in [-0.4, -0.2) is 39.4 Å². The molecule has 0 saturated carbocycles. The van der Waals surface area contributed by atoms with Crippen molar-refractivity contribution in [2.45, 2.75) is 31.2 Å². The number of benzene rings is 2. The van der Waals surface area contributed by atoms with Gasteiger partial charge < -0.3 is 9.73 Å². The number of aryl methyl sites for hydroxylation is 1. The summed E-state index contributed by atoms with van der Waals surface area (Å²) in [4.78, 5) is 14.3. The summed E-state index contributed by atoms with van der Waals surface area (Å²) >= 11 is 0. The zero-order valence-corrected chi connectivity index (χ0v) is 18.0. The molecule has 0 spiro atoms. The van der Waals surface area contributed by atoms with E-state index in [0.717, 1.165) is 34.3 Å². The molecular weight excluding hydrogens is 402 g/mol. The second kappa shape index (κ2) is 9.42. The van der Waals surface area contributed by atoms with Crippen LogP contribution in [0.25, 0.3) is 11.0 Å². The normalized spacial score (nSPS) is 11.9. The molecule has 1 amide bonds. The third kappa shape index (κ3) is 5.47. The van der Waals surface area contributed by atoms with E-state index in [-0.39, 0.29) is 17.3 Å². The van der Waals surface area contributed by atoms with Gasteiger partial charge in [-0.05, 0) is 37.2 Å². The lowest BCUT2D eigenvalue weighted by atomic mass is 10.1. The van der Waals surface area contributed by atoms with Crippen molar-refractivity contribution in [2.75, 3.05) is 20.1 Å². The van der Waals surface area contributed by atoms with E-state index in [1.54, 1.807) is 12.1 Å². The number of nitrogens with two attached hydrogens (primary N) is 1. The average Bonchev–Trinajstić information content (AvgIpc) is 3.05. The number of hydrogen-bond acceptors (Lipinski definition) is 5. The molecule has 0 aliphatic carbocycles. The molecule has 160 valence electrons. The van der Waals surface area contributed by atoms with Gasteiger partial charge in [-0.2, -0.15) is 0 Å². The number of amides is 1. The highest BCUT2D eigenvalue weighted by atomic mass is 32.2. The number of nitrogens with one attached hydrogen (secondary N) is 1. The van der Waals surface area contributed by atoms with Crippen LogP contribution in [0, 0.1) is 0 Å². The number of likely N-dealkylation sites (N-methyl/N-ethyl adjacent to an activating group) is 1. The predicted molar refractivity (Wildman–Crippen MR) is 116 cm³/mol. The molecule has 30 heavy (non-hydrogen) atoms. The van der Waals surface area contributed by atoms with E-state index >= 15 is 0 Å². The molecule has 0 aliphatic heterocycles. The Kier molecular flexibility index (Phi) is 6.91. The van der Waals surface area contributed by atoms with E-state index in [1.165, 1.54) is 12.1 Å². The number of nitrogens with zero attached hydrogens (tertiary/aromatic N) is 1. The van der Waals surface area contributed by atoms with Crippen molar-refractivity contribution < 1.29 is 17.6 Å². The fourth-order valence-electron chi connectivity index (χ4n) is 3.43. The third-order valence-corrected chi connectivity index (χ3v) is 5.86. The van der Waals surface area contributed by atoms with Crippen molar-refractivity contribution in [1.82, 2.24) is 10.2 Å². The first-order valence-corrected chi connectivity index (χ1v) is 11.4. The van der Waals surface area contributed by atoms with Crippen LogP contribution in [0.2, 0.25) is 0 Å². The second-order valence-corrected chi connectivity index (χ2v) is 8.88. The highest BCUT2D eigenvalue weighted by Gasteiger charge is 2.15. The van der Waals surface area contributed by atoms with Gasteiger partial charge in [0.15, 0.2) is 0 Å². The second-order valence-electron chi connectivity index (χ2n) is 7.31. The molecule has 0 aliphatic rings. The molecule has 1 heterocycles. The zero-order valence-electron chi connectivity index (χ0n) is 17.2. The summed E-state index contributed by atoms with van der Waals surface area (Å²) in [7, 11) is -1.78. The van der Waals surface area contributed by atoms with Gasteiger partial charge in [0.25, 0.3) is 0 Å². The Hall–Kier alpha value is -2.68. The summed E-state index contributed by atoms with van der Waals surface area (Å²) in [6, 6.07) is 14.3. The van der Waals surface area contributed by atoms with Gasteiger partial charge in [-0.3, -0.25) is 9.69 Å². The van der Waals surface area contributed by atoms with E-state index < -0.39 is 10.0 Å². The van der Waals surface area contributed by atoms with Gasteiger partial charge in [0.1, 0.15) is 11.3 Å². The number of hydrogen-bond donors (Lipinski definition) is 2. The minimum absolute atomic E-state index is 0.0653. The van der Waals surface area contributed by atoms with Crippen LogP contribution in [0.3, 0.4) is 0 Å². The lowest BCUT2D eigenvalue weighted by Gasteiger charge is -2.16. The van der Waals surface area contributed by atoms with Gasteiger partial charge in [0, 0.05) is 30.5 Å². The first-order chi connectivity index (χ1) is 14.3. The fraction of sp³-hybridized carbons (Fsp3) is 0.318. The van der Waals surface area contributed by atoms with Crippen LogP contribution in [0.5, 0.6) is 0 Å². The summed E-state index contributed by atoms with van der Waals surface area (Å²) in [6.07, 6.45) is 1.40. The highest BCUT2D eigenvalue weighted by Crippen LogP contribution is 2.27. The molecule has 0 saturated heterocycles. The number of sulfonamides is 1. The lowest BCUT2D eigenvalue weighted by Crippen LogP contribution is -2.35. The van der Waals surface area contributed by atoms with E-state index in [0.29, 0.717) is 19.5 Å². The molecule has 3 aromatic rings. The number of carbonyl (C=O) groups excluding carboxylic acids is 1. The summed E-state index contributed by atoms with van der Waals surface area (Å²) in [6.45, 7) is 3.43. The Bertz CT molecular complexity index is 1120. The highest BCUT2D eigenvalue weighted by molar-refractivity contribution is 7.89. The summed E-state index contributed by atoms with van der Waals surface area (Å²) in [5, 5.41) is 9.09. The molecule has 8 heteroatoms. The van der Waals surface area contributed by atoms with E-state index in [4.69, 9.17) is 9.56 Å². The molecule has 0 atom stereocenters. The van der Waals surface area contributed by atoms with Gasteiger partial charge >= 0.3 is 0 Å². The van der Waals surface area contributed by atoms with Gasteiger partial charge in [-0.25, -0.2) is 13.6 Å². The Morgan fingerprint density at radius 1 is 1.13 bits per heavy atom. The van der Waals surface area contributed by atoms with Crippen molar-refractivity contribution in [3.8, 4) is 0 Å². The van der Waals surface area contributed by atoms with Crippen LogP contribution >= 0.6 is 0 Å². The summed E-state index contributed by atoms with van der Waals surface area (Å²) < 4.78 is 28.5. The fourth-order valence-corrected chi connectivity index (χ4v) is 3.94. The number of rotatable bonds is 9. The van der Waals surface area contributed by atoms with Gasteiger partial charge in [-0.1, -0.05) is 37.3 Å². The molecule has 0 unspecified atom stereocenters. The Labute approximate surface area is 176 Å². The molecule has 1 aromatic heterocycles. The average molecular weight is 430 g/mol. The Balaban J connectivity index is 1.51. The molecular formula is C22H27N3O4S. The Morgan fingerprint density at radius 3 is 2.50 bits per heavy atom. The Morgan fingerprint density at radius 2 is 1.83 bits per heavy atom. The van der Waals surface area contributed by atoms with Crippen LogP contribution in [0.1, 0.15) is 23.8 Å².